The first kappa shape index (κ1) is 13.0. The number of anilines is 1. The Bertz CT molecular complexity index is 614. The molecule has 2 aromatic rings. The zero-order valence-electron chi connectivity index (χ0n) is 11.9. The van der Waals surface area contributed by atoms with Crippen LogP contribution in [0.5, 0.6) is 0 Å². The van der Waals surface area contributed by atoms with Crippen molar-refractivity contribution in [3.63, 3.8) is 0 Å². The molecule has 0 N–H and O–H groups in total. The third-order valence-electron chi connectivity index (χ3n) is 4.39. The molecule has 3 heterocycles. The van der Waals surface area contributed by atoms with Crippen molar-refractivity contribution >= 4 is 16.7 Å². The first-order valence-corrected chi connectivity index (χ1v) is 7.60. The summed E-state index contributed by atoms with van der Waals surface area (Å²) in [7, 11) is 0. The summed E-state index contributed by atoms with van der Waals surface area (Å²) in [5.74, 6) is 1.56. The summed E-state index contributed by atoms with van der Waals surface area (Å²) in [4.78, 5) is 11.2. The summed E-state index contributed by atoms with van der Waals surface area (Å²) < 4.78 is 11.3. The van der Waals surface area contributed by atoms with E-state index in [1.54, 1.807) is 6.33 Å². The van der Waals surface area contributed by atoms with E-state index in [2.05, 4.69) is 20.9 Å². The fraction of sp³-hybridized carbons (Fsp3) is 0.500. The SMILES string of the molecule is c1ccc2c(N3CCC(C4OCCO4)CC3)ncnc2c1. The molecule has 0 amide bonds. The number of fused-ring (bicyclic) bond motifs is 1. The maximum atomic E-state index is 5.64. The first-order chi connectivity index (χ1) is 10.4. The van der Waals surface area contributed by atoms with Crippen molar-refractivity contribution in [1.82, 2.24) is 9.97 Å². The summed E-state index contributed by atoms with van der Waals surface area (Å²) in [6.07, 6.45) is 3.84. The summed E-state index contributed by atoms with van der Waals surface area (Å²) in [5.41, 5.74) is 1.01. The fourth-order valence-electron chi connectivity index (χ4n) is 3.27. The molecule has 0 unspecified atom stereocenters. The van der Waals surface area contributed by atoms with E-state index in [-0.39, 0.29) is 6.29 Å². The molecule has 0 atom stereocenters. The van der Waals surface area contributed by atoms with Crippen LogP contribution in [0.15, 0.2) is 30.6 Å². The molecule has 5 nitrogen and oxygen atoms in total. The normalized spacial score (nSPS) is 21.2. The number of hydrogen-bond donors (Lipinski definition) is 0. The van der Waals surface area contributed by atoms with Gasteiger partial charge in [0, 0.05) is 24.4 Å². The Morgan fingerprint density at radius 1 is 1.00 bits per heavy atom. The lowest BCUT2D eigenvalue weighted by molar-refractivity contribution is -0.0889. The van der Waals surface area contributed by atoms with E-state index in [9.17, 15) is 0 Å². The lowest BCUT2D eigenvalue weighted by Crippen LogP contribution is -2.38. The van der Waals surface area contributed by atoms with E-state index in [1.165, 1.54) is 0 Å². The van der Waals surface area contributed by atoms with Gasteiger partial charge in [-0.1, -0.05) is 12.1 Å². The minimum Gasteiger partial charge on any atom is -0.356 e. The molecule has 1 aromatic heterocycles. The molecule has 2 fully saturated rings. The summed E-state index contributed by atoms with van der Waals surface area (Å²) in [6.45, 7) is 3.46. The summed E-state index contributed by atoms with van der Waals surface area (Å²) in [6, 6.07) is 8.19. The Labute approximate surface area is 123 Å². The van der Waals surface area contributed by atoms with Crippen molar-refractivity contribution in [2.75, 3.05) is 31.2 Å². The number of para-hydroxylation sites is 1. The van der Waals surface area contributed by atoms with Crippen molar-refractivity contribution < 1.29 is 9.47 Å². The smallest absolute Gasteiger partial charge is 0.160 e. The number of ether oxygens (including phenoxy) is 2. The van der Waals surface area contributed by atoms with Gasteiger partial charge in [0.1, 0.15) is 12.1 Å². The van der Waals surface area contributed by atoms with Crippen LogP contribution in [0.4, 0.5) is 5.82 Å². The Hall–Kier alpha value is -1.72. The topological polar surface area (TPSA) is 47.5 Å². The van der Waals surface area contributed by atoms with Crippen molar-refractivity contribution in [1.29, 1.82) is 0 Å². The van der Waals surface area contributed by atoms with Crippen LogP contribution >= 0.6 is 0 Å². The minimum absolute atomic E-state index is 0.00860. The second-order valence-electron chi connectivity index (χ2n) is 5.65. The fourth-order valence-corrected chi connectivity index (χ4v) is 3.27. The molecule has 0 bridgehead atoms. The number of benzene rings is 1. The maximum absolute atomic E-state index is 5.64. The average Bonchev–Trinajstić information content (AvgIpc) is 3.09. The van der Waals surface area contributed by atoms with Gasteiger partial charge in [0.25, 0.3) is 0 Å². The lowest BCUT2D eigenvalue weighted by Gasteiger charge is -2.34. The highest BCUT2D eigenvalue weighted by molar-refractivity contribution is 5.89. The maximum Gasteiger partial charge on any atom is 0.160 e. The molecule has 2 saturated heterocycles. The second kappa shape index (κ2) is 5.58. The van der Waals surface area contributed by atoms with Gasteiger partial charge in [0.15, 0.2) is 6.29 Å². The molecule has 4 rings (SSSR count). The van der Waals surface area contributed by atoms with Crippen LogP contribution in [0.25, 0.3) is 10.9 Å². The molecular weight excluding hydrogens is 266 g/mol. The van der Waals surface area contributed by atoms with Crippen molar-refractivity contribution in [2.24, 2.45) is 5.92 Å². The van der Waals surface area contributed by atoms with Gasteiger partial charge >= 0.3 is 0 Å². The van der Waals surface area contributed by atoms with Crippen LogP contribution in [-0.4, -0.2) is 42.6 Å². The van der Waals surface area contributed by atoms with E-state index in [0.29, 0.717) is 5.92 Å². The lowest BCUT2D eigenvalue weighted by atomic mass is 9.96. The van der Waals surface area contributed by atoms with Gasteiger partial charge in [0.2, 0.25) is 0 Å². The third kappa shape index (κ3) is 2.47. The van der Waals surface area contributed by atoms with E-state index >= 15 is 0 Å². The Morgan fingerprint density at radius 3 is 2.57 bits per heavy atom. The largest absolute Gasteiger partial charge is 0.356 e. The number of nitrogens with zero attached hydrogens (tertiary/aromatic N) is 3. The molecule has 0 radical (unpaired) electrons. The van der Waals surface area contributed by atoms with Crippen molar-refractivity contribution in [3.05, 3.63) is 30.6 Å². The molecular formula is C16H19N3O2. The highest BCUT2D eigenvalue weighted by Gasteiger charge is 2.31. The van der Waals surface area contributed by atoms with Gasteiger partial charge in [-0.2, -0.15) is 0 Å². The highest BCUT2D eigenvalue weighted by Crippen LogP contribution is 2.30. The molecule has 2 aliphatic heterocycles. The molecule has 0 saturated carbocycles. The van der Waals surface area contributed by atoms with E-state index in [0.717, 1.165) is 55.9 Å². The monoisotopic (exact) mass is 285 g/mol. The van der Waals surface area contributed by atoms with E-state index < -0.39 is 0 Å². The van der Waals surface area contributed by atoms with Gasteiger partial charge in [-0.15, -0.1) is 0 Å². The molecule has 1 aromatic carbocycles. The summed E-state index contributed by atoms with van der Waals surface area (Å²) >= 11 is 0. The number of piperidine rings is 1. The van der Waals surface area contributed by atoms with Gasteiger partial charge in [-0.3, -0.25) is 0 Å². The highest BCUT2D eigenvalue weighted by atomic mass is 16.7. The average molecular weight is 285 g/mol. The first-order valence-electron chi connectivity index (χ1n) is 7.60. The zero-order valence-corrected chi connectivity index (χ0v) is 11.9. The quantitative estimate of drug-likeness (QED) is 0.846. The van der Waals surface area contributed by atoms with Gasteiger partial charge in [0.05, 0.1) is 18.7 Å². The van der Waals surface area contributed by atoms with Crippen LogP contribution in [0.3, 0.4) is 0 Å². The van der Waals surface area contributed by atoms with Crippen molar-refractivity contribution in [2.45, 2.75) is 19.1 Å². The minimum atomic E-state index is 0.00860. The van der Waals surface area contributed by atoms with Crippen LogP contribution in [0.2, 0.25) is 0 Å². The molecule has 21 heavy (non-hydrogen) atoms. The molecule has 110 valence electrons. The van der Waals surface area contributed by atoms with Gasteiger partial charge in [-0.05, 0) is 25.0 Å². The summed E-state index contributed by atoms with van der Waals surface area (Å²) in [5, 5.41) is 1.13. The number of hydrogen-bond acceptors (Lipinski definition) is 5. The second-order valence-corrected chi connectivity index (χ2v) is 5.65. The van der Waals surface area contributed by atoms with E-state index in [1.807, 2.05) is 18.2 Å². The Morgan fingerprint density at radius 2 is 1.76 bits per heavy atom. The molecule has 0 aliphatic carbocycles. The Balaban J connectivity index is 1.52. The Kier molecular flexibility index (Phi) is 3.45. The van der Waals surface area contributed by atoms with E-state index in [4.69, 9.17) is 9.47 Å². The third-order valence-corrected chi connectivity index (χ3v) is 4.39. The number of aromatic nitrogens is 2. The van der Waals surface area contributed by atoms with Gasteiger partial charge in [-0.25, -0.2) is 9.97 Å². The zero-order chi connectivity index (χ0) is 14.1. The van der Waals surface area contributed by atoms with Crippen LogP contribution in [-0.2, 0) is 9.47 Å². The molecule has 2 aliphatic rings. The van der Waals surface area contributed by atoms with Crippen LogP contribution in [0.1, 0.15) is 12.8 Å². The predicted octanol–water partition coefficient (Wildman–Crippen LogP) is 2.22. The number of rotatable bonds is 2. The molecule has 5 heteroatoms. The standard InChI is InChI=1S/C16H19N3O2/c1-2-4-14-13(3-1)15(18-11-17-14)19-7-5-12(6-8-19)16-20-9-10-21-16/h1-4,11-12,16H,5-10H2. The predicted molar refractivity (Wildman–Crippen MR) is 80.2 cm³/mol. The van der Waals surface area contributed by atoms with Crippen molar-refractivity contribution in [3.8, 4) is 0 Å². The molecule has 0 spiro atoms. The van der Waals surface area contributed by atoms with Crippen LogP contribution in [0, 0.1) is 5.92 Å². The van der Waals surface area contributed by atoms with Crippen LogP contribution < -0.4 is 4.90 Å². The van der Waals surface area contributed by atoms with Gasteiger partial charge < -0.3 is 14.4 Å².